The van der Waals surface area contributed by atoms with Crippen LogP contribution in [0.5, 0.6) is 0 Å². The van der Waals surface area contributed by atoms with Crippen LogP contribution in [0.1, 0.15) is 50.7 Å². The fourth-order valence-electron chi connectivity index (χ4n) is 6.85. The first kappa shape index (κ1) is 29.5. The molecule has 0 unspecified atom stereocenters. The Bertz CT molecular complexity index is 2380. The summed E-state index contributed by atoms with van der Waals surface area (Å²) in [5.74, 6) is 1.44. The maximum absolute atomic E-state index is 6.60. The molecule has 8 aromatic rings. The summed E-state index contributed by atoms with van der Waals surface area (Å²) in [4.78, 5) is 5.31. The van der Waals surface area contributed by atoms with Crippen molar-refractivity contribution in [2.75, 3.05) is 0 Å². The van der Waals surface area contributed by atoms with Crippen molar-refractivity contribution in [1.82, 2.24) is 9.55 Å². The molecule has 0 N–H and O–H groups in total. The molecule has 3 nitrogen and oxygen atoms in total. The van der Waals surface area contributed by atoms with Gasteiger partial charge in [-0.05, 0) is 93.7 Å². The van der Waals surface area contributed by atoms with Gasteiger partial charge in [-0.15, -0.1) is 0 Å². The van der Waals surface area contributed by atoms with Gasteiger partial charge in [-0.2, -0.15) is 0 Å². The molecule has 47 heavy (non-hydrogen) atoms. The third-order valence-electron chi connectivity index (χ3n) is 9.22. The van der Waals surface area contributed by atoms with Gasteiger partial charge in [0.1, 0.15) is 17.0 Å². The molecule has 4 heteroatoms. The predicted octanol–water partition coefficient (Wildman–Crippen LogP) is 12.9. The largest absolute Gasteiger partial charge is 0.455 e. The Morgan fingerprint density at radius 1 is 0.596 bits per heavy atom. The number of hydrogen-bond acceptors (Lipinski definition) is 2. The van der Waals surface area contributed by atoms with Crippen LogP contribution in [0, 0.1) is 0 Å². The topological polar surface area (TPSA) is 31.0 Å². The number of benzene rings is 6. The van der Waals surface area contributed by atoms with Gasteiger partial charge in [0.2, 0.25) is 0 Å². The zero-order chi connectivity index (χ0) is 32.2. The van der Waals surface area contributed by atoms with Crippen LogP contribution >= 0.6 is 15.9 Å². The first-order chi connectivity index (χ1) is 22.9. The van der Waals surface area contributed by atoms with Crippen molar-refractivity contribution in [2.45, 2.75) is 39.5 Å². The van der Waals surface area contributed by atoms with Gasteiger partial charge in [0.05, 0.1) is 22.3 Å². The van der Waals surface area contributed by atoms with Gasteiger partial charge >= 0.3 is 0 Å². The minimum Gasteiger partial charge on any atom is -0.455 e. The summed E-state index contributed by atoms with van der Waals surface area (Å²) in [6.07, 6.45) is 0. The summed E-state index contributed by atoms with van der Waals surface area (Å²) in [6.45, 7) is 9.17. The van der Waals surface area contributed by atoms with Crippen LogP contribution in [0.25, 0.3) is 72.3 Å². The molecule has 0 aliphatic carbocycles. The van der Waals surface area contributed by atoms with Crippen LogP contribution < -0.4 is 0 Å². The molecule has 0 amide bonds. The number of halogens is 1. The Morgan fingerprint density at radius 2 is 1.23 bits per heavy atom. The molecule has 0 bridgehead atoms. The molecule has 8 rings (SSSR count). The SMILES string of the molecule is CC(C)c1cc(-c2ccc(-c3ccccc3)cc2)cc(C(C)C)c1-n1c(-c2cccc3c2oc2cc(Br)ccc23)nc2ccccc21. The zero-order valence-electron chi connectivity index (χ0n) is 27.0. The standard InChI is InChI=1S/C43H35BrN2O/c1-26(2)36-23-31(30-19-17-29(18-20-30)28-11-6-5-7-12-28)24-37(27(3)4)41(36)46-39-16-9-8-15-38(39)45-43(46)35-14-10-13-34-33-22-21-32(44)25-40(33)47-42(34)35/h5-27H,1-4H3. The third-order valence-corrected chi connectivity index (χ3v) is 9.72. The monoisotopic (exact) mass is 674 g/mol. The molecule has 0 radical (unpaired) electrons. The minimum absolute atomic E-state index is 0.277. The summed E-state index contributed by atoms with van der Waals surface area (Å²) >= 11 is 3.62. The molecule has 0 saturated carbocycles. The maximum atomic E-state index is 6.60. The highest BCUT2D eigenvalue weighted by Gasteiger charge is 2.25. The van der Waals surface area contributed by atoms with Gasteiger partial charge in [-0.25, -0.2) is 4.98 Å². The highest BCUT2D eigenvalue weighted by atomic mass is 79.9. The van der Waals surface area contributed by atoms with Crippen molar-refractivity contribution in [3.8, 4) is 39.3 Å². The van der Waals surface area contributed by atoms with Crippen molar-refractivity contribution >= 4 is 48.9 Å². The Morgan fingerprint density at radius 3 is 1.94 bits per heavy atom. The first-order valence-corrected chi connectivity index (χ1v) is 17.1. The molecule has 0 aliphatic heterocycles. The van der Waals surface area contributed by atoms with Gasteiger partial charge in [0.25, 0.3) is 0 Å². The van der Waals surface area contributed by atoms with Gasteiger partial charge in [-0.3, -0.25) is 4.57 Å². The van der Waals surface area contributed by atoms with Crippen molar-refractivity contribution < 1.29 is 4.42 Å². The Balaban J connectivity index is 1.38. The molecule has 0 atom stereocenters. The molecule has 2 aromatic heterocycles. The van der Waals surface area contributed by atoms with E-state index in [2.05, 4.69) is 170 Å². The normalized spacial score (nSPS) is 11.9. The Labute approximate surface area is 283 Å². The molecule has 6 aromatic carbocycles. The van der Waals surface area contributed by atoms with E-state index in [9.17, 15) is 0 Å². The fraction of sp³-hybridized carbons (Fsp3) is 0.140. The lowest BCUT2D eigenvalue weighted by Gasteiger charge is -2.24. The first-order valence-electron chi connectivity index (χ1n) is 16.3. The number of aromatic nitrogens is 2. The van der Waals surface area contributed by atoms with Crippen LogP contribution in [0.15, 0.2) is 136 Å². The molecule has 2 heterocycles. The second kappa shape index (κ2) is 11.7. The highest BCUT2D eigenvalue weighted by Crippen LogP contribution is 2.43. The van der Waals surface area contributed by atoms with Gasteiger partial charge in [0.15, 0.2) is 0 Å². The molecular formula is C43H35BrN2O. The highest BCUT2D eigenvalue weighted by molar-refractivity contribution is 9.10. The molecule has 0 fully saturated rings. The van der Waals surface area contributed by atoms with Gasteiger partial charge in [-0.1, -0.05) is 122 Å². The van der Waals surface area contributed by atoms with Crippen molar-refractivity contribution in [2.24, 2.45) is 0 Å². The molecule has 0 aliphatic rings. The summed E-state index contributed by atoms with van der Waals surface area (Å²) in [5.41, 5.74) is 13.4. The van der Waals surface area contributed by atoms with E-state index in [4.69, 9.17) is 9.40 Å². The summed E-state index contributed by atoms with van der Waals surface area (Å²) in [7, 11) is 0. The quantitative estimate of drug-likeness (QED) is 0.176. The van der Waals surface area contributed by atoms with E-state index < -0.39 is 0 Å². The van der Waals surface area contributed by atoms with E-state index in [0.29, 0.717) is 0 Å². The lowest BCUT2D eigenvalue weighted by atomic mass is 9.87. The minimum atomic E-state index is 0.277. The maximum Gasteiger partial charge on any atom is 0.149 e. The van der Waals surface area contributed by atoms with Crippen molar-refractivity contribution in [1.29, 1.82) is 0 Å². The number of fused-ring (bicyclic) bond motifs is 4. The van der Waals surface area contributed by atoms with Crippen molar-refractivity contribution in [3.63, 3.8) is 0 Å². The molecular weight excluding hydrogens is 640 g/mol. The number of nitrogens with zero attached hydrogens (tertiary/aromatic N) is 2. The lowest BCUT2D eigenvalue weighted by Crippen LogP contribution is -2.09. The number of imidazole rings is 1. The van der Waals surface area contributed by atoms with E-state index in [-0.39, 0.29) is 11.8 Å². The van der Waals surface area contributed by atoms with Crippen LogP contribution in [-0.2, 0) is 0 Å². The van der Waals surface area contributed by atoms with Gasteiger partial charge in [0, 0.05) is 15.2 Å². The van der Waals surface area contributed by atoms with Crippen molar-refractivity contribution in [3.05, 3.63) is 143 Å². The average Bonchev–Trinajstić information content (AvgIpc) is 3.66. The van der Waals surface area contributed by atoms with Gasteiger partial charge < -0.3 is 4.42 Å². The smallest absolute Gasteiger partial charge is 0.149 e. The number of para-hydroxylation sites is 3. The zero-order valence-corrected chi connectivity index (χ0v) is 28.5. The predicted molar refractivity (Wildman–Crippen MR) is 201 cm³/mol. The third kappa shape index (κ3) is 5.08. The van der Waals surface area contributed by atoms with Crippen LogP contribution in [-0.4, -0.2) is 9.55 Å². The summed E-state index contributed by atoms with van der Waals surface area (Å²) in [5, 5.41) is 2.19. The van der Waals surface area contributed by atoms with E-state index in [1.54, 1.807) is 0 Å². The second-order valence-corrected chi connectivity index (χ2v) is 13.9. The number of rotatable bonds is 6. The Kier molecular flexibility index (Phi) is 7.34. The molecule has 230 valence electrons. The summed E-state index contributed by atoms with van der Waals surface area (Å²) in [6, 6.07) is 45.4. The fourth-order valence-corrected chi connectivity index (χ4v) is 7.19. The van der Waals surface area contributed by atoms with Crippen LogP contribution in [0.4, 0.5) is 0 Å². The van der Waals surface area contributed by atoms with E-state index >= 15 is 0 Å². The average molecular weight is 676 g/mol. The second-order valence-electron chi connectivity index (χ2n) is 12.9. The van der Waals surface area contributed by atoms with E-state index in [0.717, 1.165) is 48.8 Å². The molecule has 0 saturated heterocycles. The Hall–Kier alpha value is -4.93. The van der Waals surface area contributed by atoms with Crippen LogP contribution in [0.3, 0.4) is 0 Å². The summed E-state index contributed by atoms with van der Waals surface area (Å²) < 4.78 is 9.98. The lowest BCUT2D eigenvalue weighted by molar-refractivity contribution is 0.669. The molecule has 0 spiro atoms. The van der Waals surface area contributed by atoms with E-state index in [1.807, 2.05) is 6.07 Å². The van der Waals surface area contributed by atoms with E-state index in [1.165, 1.54) is 39.1 Å². The number of hydrogen-bond donors (Lipinski definition) is 0. The number of furan rings is 1. The van der Waals surface area contributed by atoms with Crippen LogP contribution in [0.2, 0.25) is 0 Å².